The number of rotatable bonds is 7. The maximum Gasteiger partial charge on any atom is 0.411 e. The van der Waals surface area contributed by atoms with Gasteiger partial charge in [0.2, 0.25) is 0 Å². The van der Waals surface area contributed by atoms with Crippen LogP contribution in [0.2, 0.25) is 0 Å². The molecule has 1 aromatic rings. The first kappa shape index (κ1) is 19.2. The topological polar surface area (TPSA) is 70.6 Å². The van der Waals surface area contributed by atoms with Gasteiger partial charge in [-0.05, 0) is 24.6 Å². The third-order valence-corrected chi connectivity index (χ3v) is 2.70. The van der Waals surface area contributed by atoms with Crippen molar-refractivity contribution in [3.05, 3.63) is 35.6 Å². The molecular formula is C14H18F4N2O3. The highest BCUT2D eigenvalue weighted by atomic mass is 19.4. The number of carbonyl (C=O) groups excluding carboxylic acids is 1. The first-order valence-corrected chi connectivity index (χ1v) is 6.80. The van der Waals surface area contributed by atoms with Gasteiger partial charge in [0.25, 0.3) is 0 Å². The highest BCUT2D eigenvalue weighted by molar-refractivity contribution is 5.74. The molecule has 130 valence electrons. The fourth-order valence-electron chi connectivity index (χ4n) is 1.69. The molecule has 23 heavy (non-hydrogen) atoms. The first-order chi connectivity index (χ1) is 10.7. The van der Waals surface area contributed by atoms with Crippen LogP contribution in [-0.4, -0.2) is 43.1 Å². The van der Waals surface area contributed by atoms with Crippen LogP contribution >= 0.6 is 0 Å². The van der Waals surface area contributed by atoms with E-state index in [9.17, 15) is 27.5 Å². The molecule has 0 aliphatic carbocycles. The molecule has 1 aromatic carbocycles. The number of urea groups is 1. The van der Waals surface area contributed by atoms with Crippen LogP contribution in [0.5, 0.6) is 0 Å². The summed E-state index contributed by atoms with van der Waals surface area (Å²) < 4.78 is 53.1. The van der Waals surface area contributed by atoms with Crippen LogP contribution in [0.4, 0.5) is 22.4 Å². The molecular weight excluding hydrogens is 320 g/mol. The van der Waals surface area contributed by atoms with Crippen LogP contribution in [-0.2, 0) is 4.74 Å². The average Bonchev–Trinajstić information content (AvgIpc) is 2.43. The molecule has 0 saturated carbocycles. The van der Waals surface area contributed by atoms with E-state index in [2.05, 4.69) is 15.4 Å². The van der Waals surface area contributed by atoms with Gasteiger partial charge in [-0.25, -0.2) is 9.18 Å². The second-order valence-corrected chi connectivity index (χ2v) is 4.96. The number of halogens is 4. The van der Waals surface area contributed by atoms with Gasteiger partial charge in [-0.1, -0.05) is 12.1 Å². The van der Waals surface area contributed by atoms with Crippen molar-refractivity contribution in [2.75, 3.05) is 19.8 Å². The molecule has 5 nitrogen and oxygen atoms in total. The van der Waals surface area contributed by atoms with Crippen molar-refractivity contribution in [3.63, 3.8) is 0 Å². The van der Waals surface area contributed by atoms with Crippen LogP contribution in [0.15, 0.2) is 24.3 Å². The molecule has 0 aromatic heterocycles. The molecule has 0 radical (unpaired) electrons. The van der Waals surface area contributed by atoms with Crippen LogP contribution in [0.1, 0.15) is 18.6 Å². The van der Waals surface area contributed by atoms with Crippen LogP contribution in [0, 0.1) is 5.82 Å². The lowest BCUT2D eigenvalue weighted by atomic mass is 10.1. The van der Waals surface area contributed by atoms with Gasteiger partial charge in [0.15, 0.2) is 0 Å². The number of amides is 2. The highest BCUT2D eigenvalue weighted by Gasteiger charge is 2.27. The predicted octanol–water partition coefficient (Wildman–Crippen LogP) is 2.13. The average molecular weight is 338 g/mol. The molecule has 3 N–H and O–H groups in total. The Balaban J connectivity index is 2.28. The van der Waals surface area contributed by atoms with E-state index in [0.29, 0.717) is 5.56 Å². The number of ether oxygens (including phenoxy) is 1. The van der Waals surface area contributed by atoms with Crippen molar-refractivity contribution in [3.8, 4) is 0 Å². The summed E-state index contributed by atoms with van der Waals surface area (Å²) in [6.07, 6.45) is -5.52. The van der Waals surface area contributed by atoms with Crippen molar-refractivity contribution < 1.29 is 32.2 Å². The van der Waals surface area contributed by atoms with Gasteiger partial charge in [0.1, 0.15) is 12.4 Å². The van der Waals surface area contributed by atoms with E-state index in [1.807, 2.05) is 0 Å². The normalized spacial score (nSPS) is 14.2. The summed E-state index contributed by atoms with van der Waals surface area (Å²) in [7, 11) is 0. The lowest BCUT2D eigenvalue weighted by Crippen LogP contribution is -2.44. The van der Waals surface area contributed by atoms with Crippen molar-refractivity contribution >= 4 is 6.03 Å². The minimum Gasteiger partial charge on any atom is -0.387 e. The second-order valence-electron chi connectivity index (χ2n) is 4.96. The van der Waals surface area contributed by atoms with E-state index < -0.39 is 36.8 Å². The van der Waals surface area contributed by atoms with Gasteiger partial charge in [-0.2, -0.15) is 13.2 Å². The van der Waals surface area contributed by atoms with Gasteiger partial charge in [-0.15, -0.1) is 0 Å². The number of carbonyl (C=O) groups is 1. The second kappa shape index (κ2) is 8.68. The molecule has 0 aliphatic rings. The van der Waals surface area contributed by atoms with E-state index >= 15 is 0 Å². The monoisotopic (exact) mass is 338 g/mol. The van der Waals surface area contributed by atoms with Crippen molar-refractivity contribution in [1.82, 2.24) is 10.6 Å². The summed E-state index contributed by atoms with van der Waals surface area (Å²) in [6, 6.07) is 3.96. The predicted molar refractivity (Wildman–Crippen MR) is 74.2 cm³/mol. The Hall–Kier alpha value is -1.87. The van der Waals surface area contributed by atoms with Crippen molar-refractivity contribution in [1.29, 1.82) is 0 Å². The quantitative estimate of drug-likeness (QED) is 0.667. The van der Waals surface area contributed by atoms with E-state index in [0.717, 1.165) is 6.07 Å². The van der Waals surface area contributed by atoms with Crippen LogP contribution in [0.25, 0.3) is 0 Å². The first-order valence-electron chi connectivity index (χ1n) is 6.80. The zero-order chi connectivity index (χ0) is 17.5. The fraction of sp³-hybridized carbons (Fsp3) is 0.500. The number of nitrogens with one attached hydrogen (secondary N) is 2. The Morgan fingerprint density at radius 2 is 2.09 bits per heavy atom. The molecule has 1 rings (SSSR count). The van der Waals surface area contributed by atoms with E-state index in [4.69, 9.17) is 0 Å². The highest BCUT2D eigenvalue weighted by Crippen LogP contribution is 2.14. The summed E-state index contributed by atoms with van der Waals surface area (Å²) in [5, 5.41) is 14.5. The van der Waals surface area contributed by atoms with Crippen molar-refractivity contribution in [2.45, 2.75) is 25.2 Å². The standard InChI is InChI=1S/C14H18F4N2O3/c1-9(7-23-8-14(16,17)18)20-13(22)19-6-12(21)10-3-2-4-11(15)5-10/h2-5,9,12,21H,6-8H2,1H3,(H2,19,20,22)/t9-,12-/m1/s1. The number of aliphatic hydroxyl groups excluding tert-OH is 1. The van der Waals surface area contributed by atoms with Crippen LogP contribution in [0.3, 0.4) is 0 Å². The molecule has 0 fully saturated rings. The molecule has 0 unspecified atom stereocenters. The molecule has 0 saturated heterocycles. The molecule has 0 bridgehead atoms. The maximum absolute atomic E-state index is 13.0. The molecule has 0 heterocycles. The maximum atomic E-state index is 13.0. The fourth-order valence-corrected chi connectivity index (χ4v) is 1.69. The van der Waals surface area contributed by atoms with Crippen LogP contribution < -0.4 is 10.6 Å². The summed E-state index contributed by atoms with van der Waals surface area (Å²) in [4.78, 5) is 11.5. The summed E-state index contributed by atoms with van der Waals surface area (Å²) in [5.74, 6) is -0.513. The Morgan fingerprint density at radius 3 is 2.70 bits per heavy atom. The summed E-state index contributed by atoms with van der Waals surface area (Å²) in [6.45, 7) is -0.400. The number of benzene rings is 1. The third-order valence-electron chi connectivity index (χ3n) is 2.70. The smallest absolute Gasteiger partial charge is 0.387 e. The van der Waals surface area contributed by atoms with E-state index in [1.54, 1.807) is 0 Å². The SMILES string of the molecule is C[C@H](COCC(F)(F)F)NC(=O)NC[C@@H](O)c1cccc(F)c1. The minimum absolute atomic E-state index is 0.175. The molecule has 2 amide bonds. The molecule has 0 spiro atoms. The number of hydrogen-bond acceptors (Lipinski definition) is 3. The Kier molecular flexibility index (Phi) is 7.24. The van der Waals surface area contributed by atoms with Gasteiger partial charge in [-0.3, -0.25) is 0 Å². The number of aliphatic hydroxyl groups is 1. The summed E-state index contributed by atoms with van der Waals surface area (Å²) in [5.41, 5.74) is 0.298. The van der Waals surface area contributed by atoms with Gasteiger partial charge in [0.05, 0.1) is 18.8 Å². The van der Waals surface area contributed by atoms with Crippen molar-refractivity contribution in [2.24, 2.45) is 0 Å². The van der Waals surface area contributed by atoms with E-state index in [1.165, 1.54) is 25.1 Å². The number of hydrogen-bond donors (Lipinski definition) is 3. The molecule has 0 aliphatic heterocycles. The summed E-state index contributed by atoms with van der Waals surface area (Å²) >= 11 is 0. The van der Waals surface area contributed by atoms with Gasteiger partial charge >= 0.3 is 12.2 Å². The Bertz CT molecular complexity index is 511. The largest absolute Gasteiger partial charge is 0.411 e. The molecule has 2 atom stereocenters. The minimum atomic E-state index is -4.42. The third kappa shape index (κ3) is 8.36. The lowest BCUT2D eigenvalue weighted by Gasteiger charge is -2.17. The molecule has 9 heteroatoms. The number of alkyl halides is 3. The van der Waals surface area contributed by atoms with Gasteiger partial charge in [0, 0.05) is 6.54 Å². The van der Waals surface area contributed by atoms with Gasteiger partial charge < -0.3 is 20.5 Å². The lowest BCUT2D eigenvalue weighted by molar-refractivity contribution is -0.174. The zero-order valence-corrected chi connectivity index (χ0v) is 12.4. The van der Waals surface area contributed by atoms with E-state index in [-0.39, 0.29) is 13.2 Å². The Morgan fingerprint density at radius 1 is 1.39 bits per heavy atom. The Labute approximate surface area is 130 Å². The zero-order valence-electron chi connectivity index (χ0n) is 12.4.